The quantitative estimate of drug-likeness (QED) is 0.804. The van der Waals surface area contributed by atoms with E-state index in [1.54, 1.807) is 12.1 Å². The second kappa shape index (κ2) is 7.60. The van der Waals surface area contributed by atoms with Crippen LogP contribution >= 0.6 is 0 Å². The highest BCUT2D eigenvalue weighted by Crippen LogP contribution is 2.40. The van der Waals surface area contributed by atoms with Crippen LogP contribution in [0.15, 0.2) is 54.6 Å². The monoisotopic (exact) mass is 350 g/mol. The van der Waals surface area contributed by atoms with Crippen LogP contribution in [-0.2, 0) is 6.54 Å². The number of likely N-dealkylation sites (tertiary alicyclic amines) is 1. The largest absolute Gasteiger partial charge is 0.478 e. The third-order valence-corrected chi connectivity index (χ3v) is 5.66. The van der Waals surface area contributed by atoms with E-state index in [0.717, 1.165) is 26.2 Å². The fourth-order valence-corrected chi connectivity index (χ4v) is 4.04. The Balaban J connectivity index is 1.20. The van der Waals surface area contributed by atoms with Gasteiger partial charge in [0.25, 0.3) is 0 Å². The summed E-state index contributed by atoms with van der Waals surface area (Å²) in [5, 5.41) is 12.7. The van der Waals surface area contributed by atoms with Gasteiger partial charge in [-0.15, -0.1) is 0 Å². The zero-order valence-electron chi connectivity index (χ0n) is 15.0. The average molecular weight is 350 g/mol. The molecule has 3 atom stereocenters. The Bertz CT molecular complexity index is 744. The second-order valence-corrected chi connectivity index (χ2v) is 7.66. The molecule has 0 radical (unpaired) electrons. The molecule has 2 fully saturated rings. The lowest BCUT2D eigenvalue weighted by molar-refractivity contribution is 0.0697. The lowest BCUT2D eigenvalue weighted by atomic mass is 10.1. The van der Waals surface area contributed by atoms with E-state index in [-0.39, 0.29) is 0 Å². The van der Waals surface area contributed by atoms with Gasteiger partial charge < -0.3 is 10.4 Å². The number of aromatic carboxylic acids is 1. The van der Waals surface area contributed by atoms with Gasteiger partial charge >= 0.3 is 5.97 Å². The first-order valence-corrected chi connectivity index (χ1v) is 9.52. The van der Waals surface area contributed by atoms with Gasteiger partial charge in [-0.3, -0.25) is 4.90 Å². The van der Waals surface area contributed by atoms with Crippen LogP contribution in [0.4, 0.5) is 0 Å². The van der Waals surface area contributed by atoms with Gasteiger partial charge in [0.05, 0.1) is 5.56 Å². The van der Waals surface area contributed by atoms with Crippen molar-refractivity contribution in [2.45, 2.75) is 31.3 Å². The molecule has 0 spiro atoms. The maximum Gasteiger partial charge on any atom is 0.335 e. The van der Waals surface area contributed by atoms with Crippen LogP contribution < -0.4 is 5.32 Å². The van der Waals surface area contributed by atoms with Gasteiger partial charge in [-0.1, -0.05) is 42.5 Å². The number of hydrogen-bond acceptors (Lipinski definition) is 3. The molecule has 1 saturated heterocycles. The molecule has 1 heterocycles. The third-order valence-electron chi connectivity index (χ3n) is 5.66. The number of benzene rings is 2. The van der Waals surface area contributed by atoms with Gasteiger partial charge in [0.15, 0.2) is 0 Å². The average Bonchev–Trinajstić information content (AvgIpc) is 3.32. The van der Waals surface area contributed by atoms with Crippen molar-refractivity contribution in [2.24, 2.45) is 5.92 Å². The van der Waals surface area contributed by atoms with Gasteiger partial charge in [-0.25, -0.2) is 4.79 Å². The summed E-state index contributed by atoms with van der Waals surface area (Å²) < 4.78 is 0. The normalized spacial score (nSPS) is 25.3. The number of rotatable bonds is 7. The van der Waals surface area contributed by atoms with Gasteiger partial charge in [0.1, 0.15) is 0 Å². The molecule has 2 aliphatic rings. The van der Waals surface area contributed by atoms with E-state index in [9.17, 15) is 4.79 Å². The van der Waals surface area contributed by atoms with Crippen molar-refractivity contribution in [3.63, 3.8) is 0 Å². The van der Waals surface area contributed by atoms with Crippen molar-refractivity contribution in [3.05, 3.63) is 71.3 Å². The molecular formula is C22H26N2O2. The molecule has 0 bridgehead atoms. The van der Waals surface area contributed by atoms with Gasteiger partial charge in [-0.2, -0.15) is 0 Å². The van der Waals surface area contributed by atoms with E-state index in [1.165, 1.54) is 24.0 Å². The molecule has 2 aromatic carbocycles. The van der Waals surface area contributed by atoms with E-state index in [1.807, 2.05) is 12.1 Å². The van der Waals surface area contributed by atoms with E-state index in [4.69, 9.17) is 5.11 Å². The molecule has 136 valence electrons. The SMILES string of the molecule is O=C(O)c1ccc(CN2CC[C@@H](CNC3CC3c3ccccc3)C2)cc1. The number of nitrogens with one attached hydrogen (secondary N) is 1. The Morgan fingerprint density at radius 2 is 1.88 bits per heavy atom. The van der Waals surface area contributed by atoms with E-state index in [0.29, 0.717) is 23.4 Å². The predicted octanol–water partition coefficient (Wildman–Crippen LogP) is 3.35. The minimum atomic E-state index is -0.863. The number of carbonyl (C=O) groups is 1. The minimum absolute atomic E-state index is 0.356. The Morgan fingerprint density at radius 3 is 2.62 bits per heavy atom. The summed E-state index contributed by atoms with van der Waals surface area (Å²) in [6, 6.07) is 18.7. The van der Waals surface area contributed by atoms with Crippen LogP contribution in [0.25, 0.3) is 0 Å². The standard InChI is InChI=1S/C22H26N2O2/c25-22(26)19-8-6-16(7-9-19)14-24-11-10-17(15-24)13-23-21-12-20(21)18-4-2-1-3-5-18/h1-9,17,20-21,23H,10-15H2,(H,25,26)/t17-,20?,21?/m0/s1. The van der Waals surface area contributed by atoms with Gasteiger partial charge in [0, 0.05) is 25.0 Å². The molecule has 1 aliphatic heterocycles. The summed E-state index contributed by atoms with van der Waals surface area (Å²) in [6.45, 7) is 4.26. The molecule has 0 aromatic heterocycles. The fraction of sp³-hybridized carbons (Fsp3) is 0.409. The Morgan fingerprint density at radius 1 is 1.12 bits per heavy atom. The molecular weight excluding hydrogens is 324 g/mol. The van der Waals surface area contributed by atoms with E-state index < -0.39 is 5.97 Å². The molecule has 4 rings (SSSR count). The zero-order chi connectivity index (χ0) is 17.9. The minimum Gasteiger partial charge on any atom is -0.478 e. The van der Waals surface area contributed by atoms with Crippen LogP contribution in [-0.4, -0.2) is 41.7 Å². The highest BCUT2D eigenvalue weighted by molar-refractivity contribution is 5.87. The van der Waals surface area contributed by atoms with Crippen LogP contribution in [0.5, 0.6) is 0 Å². The Labute approximate surface area is 154 Å². The fourth-order valence-electron chi connectivity index (χ4n) is 4.04. The van der Waals surface area contributed by atoms with Crippen molar-refractivity contribution < 1.29 is 9.90 Å². The molecule has 26 heavy (non-hydrogen) atoms. The lowest BCUT2D eigenvalue weighted by Crippen LogP contribution is -2.28. The topological polar surface area (TPSA) is 52.6 Å². The third kappa shape index (κ3) is 4.14. The lowest BCUT2D eigenvalue weighted by Gasteiger charge is -2.16. The zero-order valence-corrected chi connectivity index (χ0v) is 15.0. The van der Waals surface area contributed by atoms with Crippen LogP contribution in [0.3, 0.4) is 0 Å². The summed E-state index contributed by atoms with van der Waals surface area (Å²) in [5.41, 5.74) is 3.01. The molecule has 2 aromatic rings. The first kappa shape index (κ1) is 17.3. The Hall–Kier alpha value is -2.17. The van der Waals surface area contributed by atoms with E-state index >= 15 is 0 Å². The molecule has 4 nitrogen and oxygen atoms in total. The first-order chi connectivity index (χ1) is 12.7. The number of carboxylic acids is 1. The summed E-state index contributed by atoms with van der Waals surface area (Å²) in [5.74, 6) is 0.546. The molecule has 2 N–H and O–H groups in total. The maximum absolute atomic E-state index is 10.9. The van der Waals surface area contributed by atoms with Crippen LogP contribution in [0.1, 0.15) is 40.2 Å². The second-order valence-electron chi connectivity index (χ2n) is 7.66. The predicted molar refractivity (Wildman–Crippen MR) is 102 cm³/mol. The first-order valence-electron chi connectivity index (χ1n) is 9.52. The highest BCUT2D eigenvalue weighted by atomic mass is 16.4. The molecule has 4 heteroatoms. The molecule has 2 unspecified atom stereocenters. The summed E-state index contributed by atoms with van der Waals surface area (Å²) in [7, 11) is 0. The van der Waals surface area contributed by atoms with Crippen molar-refractivity contribution in [3.8, 4) is 0 Å². The van der Waals surface area contributed by atoms with Crippen LogP contribution in [0.2, 0.25) is 0 Å². The highest BCUT2D eigenvalue weighted by Gasteiger charge is 2.38. The number of carboxylic acid groups (broad SMARTS) is 1. The summed E-state index contributed by atoms with van der Waals surface area (Å²) >= 11 is 0. The molecule has 1 saturated carbocycles. The molecule has 0 amide bonds. The van der Waals surface area contributed by atoms with Crippen molar-refractivity contribution >= 4 is 5.97 Å². The summed E-state index contributed by atoms with van der Waals surface area (Å²) in [4.78, 5) is 13.4. The van der Waals surface area contributed by atoms with Crippen LogP contribution in [0, 0.1) is 5.92 Å². The maximum atomic E-state index is 10.9. The molecule has 1 aliphatic carbocycles. The summed E-state index contributed by atoms with van der Waals surface area (Å²) in [6.07, 6.45) is 2.50. The number of hydrogen-bond donors (Lipinski definition) is 2. The smallest absolute Gasteiger partial charge is 0.335 e. The van der Waals surface area contributed by atoms with Crippen molar-refractivity contribution in [1.82, 2.24) is 10.2 Å². The van der Waals surface area contributed by atoms with Gasteiger partial charge in [0.2, 0.25) is 0 Å². The Kier molecular flexibility index (Phi) is 5.05. The van der Waals surface area contributed by atoms with Gasteiger partial charge in [-0.05, 0) is 55.1 Å². The number of nitrogens with zero attached hydrogens (tertiary/aromatic N) is 1. The van der Waals surface area contributed by atoms with Crippen molar-refractivity contribution in [2.75, 3.05) is 19.6 Å². The van der Waals surface area contributed by atoms with E-state index in [2.05, 4.69) is 40.5 Å². The van der Waals surface area contributed by atoms with Crippen molar-refractivity contribution in [1.29, 1.82) is 0 Å².